The predicted molar refractivity (Wildman–Crippen MR) is 129 cm³/mol. The lowest BCUT2D eigenvalue weighted by Gasteiger charge is -2.52. The molecule has 188 valence electrons. The van der Waals surface area contributed by atoms with E-state index in [-0.39, 0.29) is 30.3 Å². The summed E-state index contributed by atoms with van der Waals surface area (Å²) in [6.07, 6.45) is 2.37. The molecule has 2 N–H and O–H groups in total. The van der Waals surface area contributed by atoms with Crippen LogP contribution in [0.4, 0.5) is 10.5 Å². The van der Waals surface area contributed by atoms with Crippen LogP contribution in [-0.2, 0) is 14.4 Å². The van der Waals surface area contributed by atoms with Crippen LogP contribution >= 0.6 is 0 Å². The monoisotopic (exact) mass is 482 g/mol. The quantitative estimate of drug-likeness (QED) is 0.640. The van der Waals surface area contributed by atoms with Crippen molar-refractivity contribution in [1.82, 2.24) is 24.9 Å². The molecule has 4 aliphatic rings. The zero-order valence-corrected chi connectivity index (χ0v) is 20.4. The van der Waals surface area contributed by atoms with E-state index < -0.39 is 24.0 Å². The van der Waals surface area contributed by atoms with E-state index in [0.717, 1.165) is 29.7 Å². The zero-order chi connectivity index (χ0) is 24.7. The first-order valence-electron chi connectivity index (χ1n) is 12.5. The minimum absolute atomic E-state index is 0.0508. The summed E-state index contributed by atoms with van der Waals surface area (Å²) in [4.78, 5) is 58.7. The molecule has 5 amide bonds. The van der Waals surface area contributed by atoms with Crippen molar-refractivity contribution in [2.24, 2.45) is 11.8 Å². The van der Waals surface area contributed by atoms with Crippen LogP contribution in [0, 0.1) is 18.8 Å². The summed E-state index contributed by atoms with van der Waals surface area (Å²) in [7, 11) is 1.68. The molecule has 4 fully saturated rings. The van der Waals surface area contributed by atoms with Gasteiger partial charge in [0.1, 0.15) is 6.54 Å². The number of carbonyl (C=O) groups excluding carboxylic acids is 4. The lowest BCUT2D eigenvalue weighted by molar-refractivity contribution is -0.148. The molecule has 3 atom stereocenters. The SMILES string of the molecule is Cc1ccc(NC(=O)CN2C(=O)C3C(N4CCN(C(=O)C5CC5)CC4)CCNC3N(C)C2=O)cc1. The highest BCUT2D eigenvalue weighted by atomic mass is 16.2. The zero-order valence-electron chi connectivity index (χ0n) is 20.4. The second-order valence-corrected chi connectivity index (χ2v) is 10.1. The van der Waals surface area contributed by atoms with Gasteiger partial charge >= 0.3 is 6.03 Å². The molecule has 0 aromatic heterocycles. The van der Waals surface area contributed by atoms with Gasteiger partial charge in [0.15, 0.2) is 0 Å². The third-order valence-electron chi connectivity index (χ3n) is 7.71. The average Bonchev–Trinajstić information content (AvgIpc) is 3.71. The van der Waals surface area contributed by atoms with Gasteiger partial charge in [0.2, 0.25) is 17.7 Å². The minimum atomic E-state index is -0.469. The Balaban J connectivity index is 1.27. The van der Waals surface area contributed by atoms with Gasteiger partial charge in [0.05, 0.1) is 12.1 Å². The van der Waals surface area contributed by atoms with Crippen molar-refractivity contribution < 1.29 is 19.2 Å². The number of nitrogens with one attached hydrogen (secondary N) is 2. The van der Waals surface area contributed by atoms with Gasteiger partial charge < -0.3 is 15.1 Å². The summed E-state index contributed by atoms with van der Waals surface area (Å²) in [5.41, 5.74) is 1.70. The van der Waals surface area contributed by atoms with E-state index in [2.05, 4.69) is 15.5 Å². The third kappa shape index (κ3) is 4.77. The first-order valence-corrected chi connectivity index (χ1v) is 12.5. The van der Waals surface area contributed by atoms with Gasteiger partial charge in [0.25, 0.3) is 0 Å². The fourth-order valence-electron chi connectivity index (χ4n) is 5.56. The maximum absolute atomic E-state index is 13.6. The highest BCUT2D eigenvalue weighted by Gasteiger charge is 2.52. The van der Waals surface area contributed by atoms with E-state index in [4.69, 9.17) is 0 Å². The number of hydrogen-bond acceptors (Lipinski definition) is 6. The largest absolute Gasteiger partial charge is 0.340 e. The standard InChI is InChI=1S/C25H34N6O4/c1-16-3-7-18(8-4-16)27-20(32)15-31-24(34)21-19(9-10-26-22(21)28(2)25(31)35)29-11-13-30(14-12-29)23(33)17-5-6-17/h3-4,7-8,17,19,21-22,26H,5-6,9-15H2,1-2H3,(H,27,32). The minimum Gasteiger partial charge on any atom is -0.340 e. The van der Waals surface area contributed by atoms with Gasteiger partial charge in [-0.15, -0.1) is 0 Å². The fourth-order valence-corrected chi connectivity index (χ4v) is 5.56. The Labute approximate surface area is 205 Å². The second kappa shape index (κ2) is 9.58. The lowest BCUT2D eigenvalue weighted by Crippen LogP contribution is -2.72. The van der Waals surface area contributed by atoms with Crippen molar-refractivity contribution in [3.05, 3.63) is 29.8 Å². The van der Waals surface area contributed by atoms with Gasteiger partial charge in [0, 0.05) is 50.9 Å². The maximum Gasteiger partial charge on any atom is 0.328 e. The number of fused-ring (bicyclic) bond motifs is 1. The Morgan fingerprint density at radius 1 is 1.03 bits per heavy atom. The highest BCUT2D eigenvalue weighted by Crippen LogP contribution is 2.33. The van der Waals surface area contributed by atoms with Gasteiger partial charge in [-0.05, 0) is 44.9 Å². The average molecular weight is 483 g/mol. The molecule has 0 bridgehead atoms. The van der Waals surface area contributed by atoms with Gasteiger partial charge in [-0.2, -0.15) is 0 Å². The van der Waals surface area contributed by atoms with Crippen molar-refractivity contribution in [2.75, 3.05) is 51.6 Å². The van der Waals surface area contributed by atoms with Crippen LogP contribution in [-0.4, -0.2) is 102 Å². The first-order chi connectivity index (χ1) is 16.8. The van der Waals surface area contributed by atoms with Gasteiger partial charge in [-0.3, -0.25) is 29.5 Å². The molecule has 1 aromatic rings. The number of anilines is 1. The summed E-state index contributed by atoms with van der Waals surface area (Å²) in [5.74, 6) is -0.716. The maximum atomic E-state index is 13.6. The molecular weight excluding hydrogens is 448 g/mol. The second-order valence-electron chi connectivity index (χ2n) is 10.1. The number of piperidine rings is 1. The summed E-state index contributed by atoms with van der Waals surface area (Å²) in [5, 5.41) is 6.12. The van der Waals surface area contributed by atoms with Crippen LogP contribution in [0.15, 0.2) is 24.3 Å². The van der Waals surface area contributed by atoms with Crippen LogP contribution in [0.1, 0.15) is 24.8 Å². The van der Waals surface area contributed by atoms with E-state index in [9.17, 15) is 19.2 Å². The number of imide groups is 1. The topological polar surface area (TPSA) is 105 Å². The van der Waals surface area contributed by atoms with E-state index >= 15 is 0 Å². The van der Waals surface area contributed by atoms with E-state index in [1.54, 1.807) is 24.1 Å². The summed E-state index contributed by atoms with van der Waals surface area (Å²) < 4.78 is 0. The molecule has 1 aliphatic carbocycles. The Morgan fingerprint density at radius 3 is 2.37 bits per heavy atom. The van der Waals surface area contributed by atoms with Crippen LogP contribution < -0.4 is 10.6 Å². The molecule has 3 unspecified atom stereocenters. The number of piperazine rings is 1. The van der Waals surface area contributed by atoms with E-state index in [1.807, 2.05) is 24.0 Å². The number of benzene rings is 1. The molecule has 0 radical (unpaired) electrons. The lowest BCUT2D eigenvalue weighted by atomic mass is 9.85. The van der Waals surface area contributed by atoms with Crippen LogP contribution in [0.3, 0.4) is 0 Å². The van der Waals surface area contributed by atoms with Crippen molar-refractivity contribution >= 4 is 29.4 Å². The Hall–Kier alpha value is -2.98. The van der Waals surface area contributed by atoms with E-state index in [1.165, 1.54) is 0 Å². The number of carbonyl (C=O) groups is 4. The molecule has 10 nitrogen and oxygen atoms in total. The fraction of sp³-hybridized carbons (Fsp3) is 0.600. The smallest absolute Gasteiger partial charge is 0.328 e. The molecule has 3 heterocycles. The Morgan fingerprint density at radius 2 is 1.71 bits per heavy atom. The van der Waals surface area contributed by atoms with Crippen molar-refractivity contribution in [3.8, 4) is 0 Å². The molecule has 10 heteroatoms. The summed E-state index contributed by atoms with van der Waals surface area (Å²) in [6, 6.07) is 6.85. The number of rotatable bonds is 5. The molecule has 5 rings (SSSR count). The number of aryl methyl sites for hydroxylation is 1. The van der Waals surface area contributed by atoms with Gasteiger partial charge in [-0.1, -0.05) is 17.7 Å². The molecular formula is C25H34N6O4. The highest BCUT2D eigenvalue weighted by molar-refractivity contribution is 6.04. The molecule has 3 saturated heterocycles. The number of amides is 5. The first kappa shape index (κ1) is 23.7. The van der Waals surface area contributed by atoms with Gasteiger partial charge in [-0.25, -0.2) is 4.79 Å². The van der Waals surface area contributed by atoms with Crippen LogP contribution in [0.2, 0.25) is 0 Å². The molecule has 35 heavy (non-hydrogen) atoms. The Bertz CT molecular complexity index is 1000. The third-order valence-corrected chi connectivity index (χ3v) is 7.71. The number of urea groups is 1. The normalized spacial score (nSPS) is 27.6. The molecule has 1 saturated carbocycles. The summed E-state index contributed by atoms with van der Waals surface area (Å²) >= 11 is 0. The van der Waals surface area contributed by atoms with Crippen LogP contribution in [0.5, 0.6) is 0 Å². The predicted octanol–water partition coefficient (Wildman–Crippen LogP) is 0.686. The number of hydrogen-bond donors (Lipinski definition) is 2. The Kier molecular flexibility index (Phi) is 6.50. The molecule has 0 spiro atoms. The number of nitrogens with zero attached hydrogens (tertiary/aromatic N) is 4. The van der Waals surface area contributed by atoms with Crippen molar-refractivity contribution in [2.45, 2.75) is 38.4 Å². The van der Waals surface area contributed by atoms with E-state index in [0.29, 0.717) is 38.4 Å². The molecule has 3 aliphatic heterocycles. The van der Waals surface area contributed by atoms with Crippen molar-refractivity contribution in [3.63, 3.8) is 0 Å². The molecule has 1 aromatic carbocycles. The van der Waals surface area contributed by atoms with Crippen LogP contribution in [0.25, 0.3) is 0 Å². The summed E-state index contributed by atoms with van der Waals surface area (Å²) in [6.45, 7) is 5.10. The van der Waals surface area contributed by atoms with Crippen molar-refractivity contribution in [1.29, 1.82) is 0 Å².